The van der Waals surface area contributed by atoms with Gasteiger partial charge in [0.2, 0.25) is 0 Å². The van der Waals surface area contributed by atoms with E-state index in [2.05, 4.69) is 11.1 Å². The first-order valence-electron chi connectivity index (χ1n) is 7.69. The summed E-state index contributed by atoms with van der Waals surface area (Å²) in [6, 6.07) is 16.8. The molecule has 1 heterocycles. The number of aromatic nitrogens is 1. The SMILES string of the molecule is COc1cc(-c2c(C)c(-c3ccccc3)nc(N)c2C#N)ccc1O. The van der Waals surface area contributed by atoms with Gasteiger partial charge in [-0.15, -0.1) is 0 Å². The fourth-order valence-electron chi connectivity index (χ4n) is 2.88. The largest absolute Gasteiger partial charge is 0.504 e. The number of aromatic hydroxyl groups is 1. The Labute approximate surface area is 146 Å². The van der Waals surface area contributed by atoms with Crippen molar-refractivity contribution in [2.45, 2.75) is 6.92 Å². The van der Waals surface area contributed by atoms with E-state index in [9.17, 15) is 10.4 Å². The fourth-order valence-corrected chi connectivity index (χ4v) is 2.88. The average Bonchev–Trinajstić information content (AvgIpc) is 2.64. The van der Waals surface area contributed by atoms with Gasteiger partial charge in [-0.3, -0.25) is 0 Å². The Morgan fingerprint density at radius 1 is 1.12 bits per heavy atom. The van der Waals surface area contributed by atoms with E-state index < -0.39 is 0 Å². The number of hydrogen-bond acceptors (Lipinski definition) is 5. The van der Waals surface area contributed by atoms with Crippen LogP contribution in [0.25, 0.3) is 22.4 Å². The molecule has 1 aromatic heterocycles. The predicted octanol–water partition coefficient (Wildman–Crippen LogP) is 3.89. The normalized spacial score (nSPS) is 10.3. The van der Waals surface area contributed by atoms with E-state index >= 15 is 0 Å². The topological polar surface area (TPSA) is 92.2 Å². The molecular formula is C20H17N3O2. The zero-order valence-corrected chi connectivity index (χ0v) is 13.9. The van der Waals surface area contributed by atoms with Crippen LogP contribution in [-0.2, 0) is 0 Å². The average molecular weight is 331 g/mol. The van der Waals surface area contributed by atoms with Crippen LogP contribution in [0.4, 0.5) is 5.82 Å². The van der Waals surface area contributed by atoms with Crippen LogP contribution in [0.3, 0.4) is 0 Å². The summed E-state index contributed by atoms with van der Waals surface area (Å²) in [4.78, 5) is 4.43. The van der Waals surface area contributed by atoms with Gasteiger partial charge in [-0.1, -0.05) is 36.4 Å². The lowest BCUT2D eigenvalue weighted by atomic mass is 9.92. The number of nitrogen functional groups attached to an aromatic ring is 1. The maximum Gasteiger partial charge on any atom is 0.161 e. The van der Waals surface area contributed by atoms with E-state index in [0.29, 0.717) is 16.9 Å². The van der Waals surface area contributed by atoms with Crippen LogP contribution in [0.15, 0.2) is 48.5 Å². The van der Waals surface area contributed by atoms with Crippen molar-refractivity contribution < 1.29 is 9.84 Å². The number of nitrogens with two attached hydrogens (primary N) is 1. The summed E-state index contributed by atoms with van der Waals surface area (Å²) < 4.78 is 5.19. The number of anilines is 1. The fraction of sp³-hybridized carbons (Fsp3) is 0.100. The number of rotatable bonds is 3. The Hall–Kier alpha value is -3.52. The molecule has 5 heteroatoms. The van der Waals surface area contributed by atoms with Gasteiger partial charge in [-0.2, -0.15) is 5.26 Å². The van der Waals surface area contributed by atoms with Crippen LogP contribution in [0.5, 0.6) is 11.5 Å². The molecule has 3 aromatic rings. The van der Waals surface area contributed by atoms with Gasteiger partial charge in [-0.05, 0) is 30.2 Å². The Kier molecular flexibility index (Phi) is 4.27. The molecule has 0 aliphatic rings. The van der Waals surface area contributed by atoms with E-state index in [-0.39, 0.29) is 11.6 Å². The summed E-state index contributed by atoms with van der Waals surface area (Å²) in [7, 11) is 1.48. The molecule has 0 spiro atoms. The summed E-state index contributed by atoms with van der Waals surface area (Å²) in [5.41, 5.74) is 10.3. The standard InChI is InChI=1S/C20H17N3O2/c1-12-18(14-8-9-16(24)17(10-14)25-2)15(11-21)20(22)23-19(12)13-6-4-3-5-7-13/h3-10,24H,1-2H3,(H2,22,23). The molecule has 0 aliphatic heterocycles. The number of ether oxygens (including phenoxy) is 1. The second kappa shape index (κ2) is 6.54. The molecule has 0 fully saturated rings. The zero-order valence-electron chi connectivity index (χ0n) is 13.9. The highest BCUT2D eigenvalue weighted by atomic mass is 16.5. The number of pyridine rings is 1. The van der Waals surface area contributed by atoms with Crippen molar-refractivity contribution in [3.05, 3.63) is 59.7 Å². The molecule has 3 N–H and O–H groups in total. The van der Waals surface area contributed by atoms with E-state index in [0.717, 1.165) is 22.4 Å². The molecule has 0 saturated heterocycles. The lowest BCUT2D eigenvalue weighted by Gasteiger charge is -2.16. The Morgan fingerprint density at radius 2 is 1.84 bits per heavy atom. The maximum absolute atomic E-state index is 9.84. The van der Waals surface area contributed by atoms with Crippen molar-refractivity contribution in [3.63, 3.8) is 0 Å². The third-order valence-corrected chi connectivity index (χ3v) is 4.10. The van der Waals surface area contributed by atoms with E-state index in [4.69, 9.17) is 10.5 Å². The zero-order chi connectivity index (χ0) is 18.0. The van der Waals surface area contributed by atoms with Gasteiger partial charge < -0.3 is 15.6 Å². The number of methoxy groups -OCH3 is 1. The molecule has 124 valence electrons. The van der Waals surface area contributed by atoms with Crippen LogP contribution < -0.4 is 10.5 Å². The Balaban J connectivity index is 2.32. The minimum Gasteiger partial charge on any atom is -0.504 e. The van der Waals surface area contributed by atoms with Gasteiger partial charge >= 0.3 is 0 Å². The summed E-state index contributed by atoms with van der Waals surface area (Å²) in [6.07, 6.45) is 0. The van der Waals surface area contributed by atoms with Crippen LogP contribution in [0.1, 0.15) is 11.1 Å². The molecule has 0 amide bonds. The van der Waals surface area contributed by atoms with E-state index in [1.807, 2.05) is 37.3 Å². The first-order valence-corrected chi connectivity index (χ1v) is 7.69. The van der Waals surface area contributed by atoms with Crippen LogP contribution in [0, 0.1) is 18.3 Å². The summed E-state index contributed by atoms with van der Waals surface area (Å²) in [5.74, 6) is 0.541. The highest BCUT2D eigenvalue weighted by Crippen LogP contribution is 2.38. The van der Waals surface area contributed by atoms with E-state index in [1.54, 1.807) is 12.1 Å². The molecule has 5 nitrogen and oxygen atoms in total. The van der Waals surface area contributed by atoms with Crippen molar-refractivity contribution in [2.75, 3.05) is 12.8 Å². The molecule has 0 radical (unpaired) electrons. The van der Waals surface area contributed by atoms with Crippen molar-refractivity contribution in [2.24, 2.45) is 0 Å². The number of nitriles is 1. The Bertz CT molecular complexity index is 976. The third kappa shape index (κ3) is 2.86. The van der Waals surface area contributed by atoms with Gasteiger partial charge in [0.15, 0.2) is 11.5 Å². The van der Waals surface area contributed by atoms with E-state index in [1.165, 1.54) is 13.2 Å². The molecule has 0 unspecified atom stereocenters. The summed E-state index contributed by atoms with van der Waals surface area (Å²) >= 11 is 0. The highest BCUT2D eigenvalue weighted by molar-refractivity contribution is 5.84. The highest BCUT2D eigenvalue weighted by Gasteiger charge is 2.19. The Morgan fingerprint density at radius 3 is 2.48 bits per heavy atom. The molecule has 0 atom stereocenters. The molecule has 0 saturated carbocycles. The predicted molar refractivity (Wildman–Crippen MR) is 97.2 cm³/mol. The van der Waals surface area contributed by atoms with Crippen molar-refractivity contribution >= 4 is 5.82 Å². The first kappa shape index (κ1) is 16.3. The smallest absolute Gasteiger partial charge is 0.161 e. The van der Waals surface area contributed by atoms with Gasteiger partial charge in [0.1, 0.15) is 17.5 Å². The summed E-state index contributed by atoms with van der Waals surface area (Å²) in [6.45, 7) is 1.91. The maximum atomic E-state index is 9.84. The van der Waals surface area contributed by atoms with Crippen LogP contribution >= 0.6 is 0 Å². The second-order valence-corrected chi connectivity index (χ2v) is 5.59. The monoisotopic (exact) mass is 331 g/mol. The number of nitrogens with zero attached hydrogens (tertiary/aromatic N) is 2. The number of hydrogen-bond donors (Lipinski definition) is 2. The van der Waals surface area contributed by atoms with Gasteiger partial charge in [0.05, 0.1) is 12.8 Å². The van der Waals surface area contributed by atoms with Crippen molar-refractivity contribution in [3.8, 4) is 40.0 Å². The second-order valence-electron chi connectivity index (χ2n) is 5.59. The molecule has 25 heavy (non-hydrogen) atoms. The molecular weight excluding hydrogens is 314 g/mol. The first-order chi connectivity index (χ1) is 12.1. The quantitative estimate of drug-likeness (QED) is 0.759. The third-order valence-electron chi connectivity index (χ3n) is 4.10. The summed E-state index contributed by atoms with van der Waals surface area (Å²) in [5, 5.41) is 19.4. The number of benzene rings is 2. The molecule has 3 rings (SSSR count). The van der Waals surface area contributed by atoms with Gasteiger partial charge in [0, 0.05) is 11.1 Å². The van der Waals surface area contributed by atoms with Crippen molar-refractivity contribution in [1.29, 1.82) is 5.26 Å². The van der Waals surface area contributed by atoms with Crippen LogP contribution in [0.2, 0.25) is 0 Å². The molecule has 2 aromatic carbocycles. The van der Waals surface area contributed by atoms with Crippen molar-refractivity contribution in [1.82, 2.24) is 4.98 Å². The molecule has 0 bridgehead atoms. The minimum absolute atomic E-state index is 0.0349. The van der Waals surface area contributed by atoms with Gasteiger partial charge in [-0.25, -0.2) is 4.98 Å². The van der Waals surface area contributed by atoms with Gasteiger partial charge in [0.25, 0.3) is 0 Å². The lowest BCUT2D eigenvalue weighted by Crippen LogP contribution is -2.03. The number of phenols is 1. The lowest BCUT2D eigenvalue weighted by molar-refractivity contribution is 0.373. The minimum atomic E-state index is 0.0349. The molecule has 0 aliphatic carbocycles. The number of phenolic OH excluding ortho intramolecular Hbond substituents is 1. The van der Waals surface area contributed by atoms with Crippen LogP contribution in [-0.4, -0.2) is 17.2 Å².